The van der Waals surface area contributed by atoms with Gasteiger partial charge in [-0.1, -0.05) is 6.92 Å². The summed E-state index contributed by atoms with van der Waals surface area (Å²) >= 11 is 3.27. The van der Waals surface area contributed by atoms with E-state index in [2.05, 4.69) is 10.3 Å². The molecule has 0 saturated carbocycles. The Kier molecular flexibility index (Phi) is 8.60. The van der Waals surface area contributed by atoms with Crippen molar-refractivity contribution >= 4 is 35.2 Å². The van der Waals surface area contributed by atoms with E-state index in [0.29, 0.717) is 12.8 Å². The van der Waals surface area contributed by atoms with Crippen LogP contribution in [0.5, 0.6) is 0 Å². The van der Waals surface area contributed by atoms with E-state index in [1.165, 1.54) is 13.1 Å². The number of amides is 1. The predicted octanol–water partition coefficient (Wildman–Crippen LogP) is 3.13. The highest BCUT2D eigenvalue weighted by Gasteiger charge is 2.12. The minimum absolute atomic E-state index is 0.127. The second-order valence-electron chi connectivity index (χ2n) is 4.49. The molecule has 0 aliphatic carbocycles. The van der Waals surface area contributed by atoms with Gasteiger partial charge in [-0.2, -0.15) is 0 Å². The number of nitrogens with zero attached hydrogens (tertiary/aromatic N) is 2. The summed E-state index contributed by atoms with van der Waals surface area (Å²) in [6, 6.07) is 3.32. The Morgan fingerprint density at radius 1 is 1.52 bits per heavy atom. The summed E-state index contributed by atoms with van der Waals surface area (Å²) in [6.07, 6.45) is 3.02. The van der Waals surface area contributed by atoms with Gasteiger partial charge in [-0.05, 0) is 18.6 Å². The van der Waals surface area contributed by atoms with Crippen molar-refractivity contribution in [1.29, 1.82) is 0 Å². The zero-order valence-electron chi connectivity index (χ0n) is 13.4. The summed E-state index contributed by atoms with van der Waals surface area (Å²) in [4.78, 5) is 14.5. The molecule has 0 radical (unpaired) electrons. The zero-order chi connectivity index (χ0) is 17.2. The van der Waals surface area contributed by atoms with Gasteiger partial charge in [0.2, 0.25) is 6.41 Å². The summed E-state index contributed by atoms with van der Waals surface area (Å²) < 4.78 is 13.8. The molecule has 1 aromatic carbocycles. The molecule has 2 aromatic rings. The van der Waals surface area contributed by atoms with Crippen LogP contribution in [0.2, 0.25) is 0 Å². The smallest absolute Gasteiger partial charge is 0.223 e. The average Bonchev–Trinajstić information content (AvgIpc) is 3.06. The summed E-state index contributed by atoms with van der Waals surface area (Å²) in [5.41, 5.74) is 1.76. The molecule has 8 heteroatoms. The second-order valence-corrected chi connectivity index (χ2v) is 6.46. The van der Waals surface area contributed by atoms with Crippen LogP contribution in [-0.2, 0) is 17.0 Å². The summed E-state index contributed by atoms with van der Waals surface area (Å²) in [6.45, 7) is 1.98. The highest BCUT2D eigenvalue weighted by atomic mass is 32.2. The van der Waals surface area contributed by atoms with Crippen molar-refractivity contribution < 1.29 is 9.18 Å². The Morgan fingerprint density at radius 3 is 2.70 bits per heavy atom. The predicted molar refractivity (Wildman–Crippen MR) is 95.0 cm³/mol. The quantitative estimate of drug-likeness (QED) is 0.274. The van der Waals surface area contributed by atoms with Crippen LogP contribution in [-0.4, -0.2) is 30.5 Å². The van der Waals surface area contributed by atoms with E-state index in [1.807, 2.05) is 19.4 Å². The van der Waals surface area contributed by atoms with Crippen LogP contribution in [0.4, 0.5) is 10.1 Å². The molecule has 0 atom stereocenters. The first-order valence-electron chi connectivity index (χ1n) is 6.96. The first-order chi connectivity index (χ1) is 11.0. The first-order valence-corrected chi connectivity index (χ1v) is 8.83. The lowest BCUT2D eigenvalue weighted by Crippen LogP contribution is -2.23. The average molecular weight is 356 g/mol. The van der Waals surface area contributed by atoms with E-state index in [-0.39, 0.29) is 5.82 Å². The normalized spacial score (nSPS) is 9.78. The molecular weight excluding hydrogens is 335 g/mol. The van der Waals surface area contributed by atoms with E-state index < -0.39 is 0 Å². The molecular formula is C15H21FN4OS2. The molecule has 0 fully saturated rings. The minimum atomic E-state index is -0.127. The lowest BCUT2D eigenvalue weighted by Gasteiger charge is -2.13. The lowest BCUT2D eigenvalue weighted by molar-refractivity contribution is -0.117. The van der Waals surface area contributed by atoms with Gasteiger partial charge in [0, 0.05) is 41.8 Å². The van der Waals surface area contributed by atoms with Crippen molar-refractivity contribution in [3.63, 3.8) is 0 Å². The Balaban J connectivity index is 0.000000463. The van der Waals surface area contributed by atoms with Crippen molar-refractivity contribution in [2.24, 2.45) is 5.84 Å². The fraction of sp³-hybridized carbons (Fsp3) is 0.333. The van der Waals surface area contributed by atoms with Crippen molar-refractivity contribution in [3.8, 4) is 0 Å². The van der Waals surface area contributed by atoms with Gasteiger partial charge in [0.1, 0.15) is 10.8 Å². The number of anilines is 1. The van der Waals surface area contributed by atoms with Gasteiger partial charge < -0.3 is 5.32 Å². The third kappa shape index (κ3) is 6.17. The highest BCUT2D eigenvalue weighted by Crippen LogP contribution is 2.35. The van der Waals surface area contributed by atoms with Crippen LogP contribution in [0.25, 0.3) is 0 Å². The van der Waals surface area contributed by atoms with Gasteiger partial charge in [0.25, 0.3) is 0 Å². The van der Waals surface area contributed by atoms with E-state index in [1.54, 1.807) is 35.4 Å². The van der Waals surface area contributed by atoms with Crippen molar-refractivity contribution in [2.75, 3.05) is 19.4 Å². The number of rotatable bonds is 6. The molecule has 0 aliphatic rings. The molecule has 5 nitrogen and oxygen atoms in total. The van der Waals surface area contributed by atoms with Crippen molar-refractivity contribution in [3.05, 3.63) is 40.1 Å². The maximum atomic E-state index is 13.8. The molecule has 2 rings (SSSR count). The Morgan fingerprint density at radius 2 is 2.22 bits per heavy atom. The molecule has 0 bridgehead atoms. The van der Waals surface area contributed by atoms with Gasteiger partial charge in [0.05, 0.1) is 5.75 Å². The molecule has 3 N–H and O–H groups in total. The van der Waals surface area contributed by atoms with Gasteiger partial charge >= 0.3 is 0 Å². The second kappa shape index (κ2) is 10.2. The molecule has 0 unspecified atom stereocenters. The fourth-order valence-electron chi connectivity index (χ4n) is 1.75. The largest absolute Gasteiger partial charge is 0.387 e. The Labute approximate surface area is 144 Å². The van der Waals surface area contributed by atoms with E-state index in [4.69, 9.17) is 5.84 Å². The molecule has 0 saturated heterocycles. The summed E-state index contributed by atoms with van der Waals surface area (Å²) in [5.74, 6) is 5.41. The van der Waals surface area contributed by atoms with E-state index in [0.717, 1.165) is 31.9 Å². The Bertz CT molecular complexity index is 606. The number of nitrogens with two attached hydrogens (primary N) is 1. The van der Waals surface area contributed by atoms with Crippen LogP contribution < -0.4 is 11.2 Å². The topological polar surface area (TPSA) is 71.2 Å². The van der Waals surface area contributed by atoms with E-state index >= 15 is 0 Å². The minimum Gasteiger partial charge on any atom is -0.387 e. The monoisotopic (exact) mass is 356 g/mol. The number of hydrazine groups is 1. The van der Waals surface area contributed by atoms with Gasteiger partial charge in [-0.25, -0.2) is 15.2 Å². The molecule has 0 spiro atoms. The highest BCUT2D eigenvalue weighted by molar-refractivity contribution is 7.98. The number of halogens is 1. The fourth-order valence-corrected chi connectivity index (χ4v) is 3.69. The van der Waals surface area contributed by atoms with Crippen LogP contribution in [0.15, 0.2) is 28.6 Å². The number of nitrogens with one attached hydrogen (secondary N) is 1. The SMILES string of the molecule is CCc1c(F)ccc(NC)c1SCc1nccs1.CN(N)C=O. The standard InChI is InChI=1S/C13H15FN2S2.C2H6N2O/c1-3-9-10(14)4-5-11(15-2)13(9)18-8-12-16-6-7-17-12;1-4(3)2-5/h4-7,15H,3,8H2,1-2H3;2H,3H2,1H3. The number of thioether (sulfide) groups is 1. The van der Waals surface area contributed by atoms with Crippen LogP contribution in [0.1, 0.15) is 17.5 Å². The van der Waals surface area contributed by atoms with Crippen LogP contribution in [0.3, 0.4) is 0 Å². The van der Waals surface area contributed by atoms with E-state index in [9.17, 15) is 9.18 Å². The summed E-state index contributed by atoms with van der Waals surface area (Å²) in [5, 5.41) is 7.09. The number of carbonyl (C=O) groups is 1. The zero-order valence-corrected chi connectivity index (χ0v) is 15.0. The summed E-state index contributed by atoms with van der Waals surface area (Å²) in [7, 11) is 3.33. The number of hydrogen-bond acceptors (Lipinski definition) is 6. The Hall–Kier alpha value is -1.64. The molecule has 1 amide bonds. The third-order valence-electron chi connectivity index (χ3n) is 2.82. The molecule has 23 heavy (non-hydrogen) atoms. The van der Waals surface area contributed by atoms with Crippen molar-refractivity contribution in [1.82, 2.24) is 9.99 Å². The number of aromatic nitrogens is 1. The van der Waals surface area contributed by atoms with Gasteiger partial charge in [0.15, 0.2) is 0 Å². The number of thiazole rings is 1. The van der Waals surface area contributed by atoms with Crippen LogP contribution in [0, 0.1) is 5.82 Å². The number of hydrogen-bond donors (Lipinski definition) is 2. The van der Waals surface area contributed by atoms with Gasteiger partial charge in [-0.15, -0.1) is 23.1 Å². The van der Waals surface area contributed by atoms with Gasteiger partial charge in [-0.3, -0.25) is 9.80 Å². The molecule has 1 aromatic heterocycles. The maximum Gasteiger partial charge on any atom is 0.223 e. The number of carbonyl (C=O) groups excluding carboxylic acids is 1. The molecule has 126 valence electrons. The van der Waals surface area contributed by atoms with Crippen LogP contribution >= 0.6 is 23.1 Å². The third-order valence-corrected chi connectivity index (χ3v) is 4.95. The molecule has 1 heterocycles. The first kappa shape index (κ1) is 19.4. The lowest BCUT2D eigenvalue weighted by atomic mass is 10.1. The molecule has 0 aliphatic heterocycles. The number of benzene rings is 1. The van der Waals surface area contributed by atoms with Crippen molar-refractivity contribution in [2.45, 2.75) is 24.0 Å². The maximum absolute atomic E-state index is 13.8.